The topological polar surface area (TPSA) is 204 Å². The van der Waals surface area contributed by atoms with E-state index in [0.29, 0.717) is 17.7 Å². The number of likely N-dealkylation sites (tertiary alicyclic amines) is 1. The second kappa shape index (κ2) is 13.9. The van der Waals surface area contributed by atoms with Crippen LogP contribution in [0.1, 0.15) is 62.4 Å². The third-order valence-corrected chi connectivity index (χ3v) is 9.11. The van der Waals surface area contributed by atoms with Gasteiger partial charge in [0, 0.05) is 34.7 Å². The van der Waals surface area contributed by atoms with E-state index in [-0.39, 0.29) is 61.7 Å². The van der Waals surface area contributed by atoms with Crippen molar-refractivity contribution in [2.45, 2.75) is 70.1 Å². The zero-order valence-corrected chi connectivity index (χ0v) is 25.4. The highest BCUT2D eigenvalue weighted by atomic mass is 32.1. The number of rotatable bonds is 15. The number of amides is 4. The Bertz CT molecular complexity index is 1420. The molecule has 1 aliphatic heterocycles. The normalized spacial score (nSPS) is 21.4. The van der Waals surface area contributed by atoms with E-state index in [4.69, 9.17) is 21.0 Å². The standard InChI is InChI=1S/C30H38N6O7S/c1-17(22-12-18(16-44-22)27(31)32)34-29(42)21-13-30(2)14-23(30)36(21)25(38)15-33-28(41)20(35-24(37)8-9-26(39)40)10-11-43-19-6-4-3-5-7-19/h3-7,12,16-17,20-21,23H,8-11,13-15H2,1-2H3,(H3,31,32)(H,33,41)(H,34,42)(H,35,37)(H,39,40)/t17-,20?,21+,23+,30-/m1/s1. The van der Waals surface area contributed by atoms with Gasteiger partial charge in [0.2, 0.25) is 23.6 Å². The van der Waals surface area contributed by atoms with Gasteiger partial charge in [-0.1, -0.05) is 25.1 Å². The number of para-hydroxylation sites is 1. The van der Waals surface area contributed by atoms with E-state index in [0.717, 1.165) is 11.3 Å². The number of thiophene rings is 1. The Balaban J connectivity index is 1.36. The molecule has 236 valence electrons. The molecular weight excluding hydrogens is 588 g/mol. The zero-order chi connectivity index (χ0) is 32.0. The molecule has 2 aromatic rings. The smallest absolute Gasteiger partial charge is 0.303 e. The third-order valence-electron chi connectivity index (χ3n) is 7.99. The van der Waals surface area contributed by atoms with Gasteiger partial charge >= 0.3 is 5.97 Å². The number of carbonyl (C=O) groups excluding carboxylic acids is 4. The van der Waals surface area contributed by atoms with Crippen LogP contribution in [0.2, 0.25) is 0 Å². The van der Waals surface area contributed by atoms with Gasteiger partial charge in [0.1, 0.15) is 23.7 Å². The molecular formula is C30H38N6O7S. The molecule has 0 radical (unpaired) electrons. The number of amidine groups is 1. The number of nitrogen functional groups attached to an aromatic ring is 1. The molecule has 7 N–H and O–H groups in total. The maximum atomic E-state index is 13.4. The van der Waals surface area contributed by atoms with Gasteiger partial charge in [-0.05, 0) is 43.4 Å². The second-order valence-corrected chi connectivity index (χ2v) is 12.4. The van der Waals surface area contributed by atoms with Crippen LogP contribution in [0.25, 0.3) is 0 Å². The Kier molecular flexibility index (Phi) is 10.2. The molecule has 2 aliphatic rings. The highest BCUT2D eigenvalue weighted by molar-refractivity contribution is 7.10. The first-order chi connectivity index (χ1) is 20.9. The number of fused-ring (bicyclic) bond motifs is 1. The van der Waals surface area contributed by atoms with Crippen molar-refractivity contribution in [3.8, 4) is 5.75 Å². The Morgan fingerprint density at radius 2 is 1.89 bits per heavy atom. The zero-order valence-electron chi connectivity index (χ0n) is 24.6. The second-order valence-electron chi connectivity index (χ2n) is 11.5. The average molecular weight is 627 g/mol. The van der Waals surface area contributed by atoms with Gasteiger partial charge in [-0.2, -0.15) is 0 Å². The first-order valence-electron chi connectivity index (χ1n) is 14.4. The predicted molar refractivity (Wildman–Crippen MR) is 162 cm³/mol. The largest absolute Gasteiger partial charge is 0.494 e. The Morgan fingerprint density at radius 1 is 1.16 bits per heavy atom. The van der Waals surface area contributed by atoms with Crippen molar-refractivity contribution in [2.24, 2.45) is 11.1 Å². The van der Waals surface area contributed by atoms with Gasteiger partial charge in [0.15, 0.2) is 0 Å². The summed E-state index contributed by atoms with van der Waals surface area (Å²) in [6.45, 7) is 3.56. The van der Waals surface area contributed by atoms with Crippen molar-refractivity contribution >= 4 is 46.8 Å². The summed E-state index contributed by atoms with van der Waals surface area (Å²) >= 11 is 1.38. The Hall–Kier alpha value is -4.46. The van der Waals surface area contributed by atoms with Crippen molar-refractivity contribution in [3.63, 3.8) is 0 Å². The van der Waals surface area contributed by atoms with Crippen LogP contribution < -0.4 is 26.4 Å². The lowest BCUT2D eigenvalue weighted by molar-refractivity contribution is -0.140. The minimum Gasteiger partial charge on any atom is -0.494 e. The molecule has 2 heterocycles. The van der Waals surface area contributed by atoms with Gasteiger partial charge in [0.05, 0.1) is 25.6 Å². The minimum absolute atomic E-state index is 0.0561. The van der Waals surface area contributed by atoms with Crippen LogP contribution in [0.5, 0.6) is 5.75 Å². The van der Waals surface area contributed by atoms with Gasteiger partial charge in [0.25, 0.3) is 0 Å². The fourth-order valence-corrected chi connectivity index (χ4v) is 6.32. The number of carboxylic acids is 1. The molecule has 1 saturated heterocycles. The lowest BCUT2D eigenvalue weighted by Crippen LogP contribution is -2.53. The van der Waals surface area contributed by atoms with Crippen molar-refractivity contribution in [3.05, 3.63) is 52.2 Å². The van der Waals surface area contributed by atoms with E-state index in [2.05, 4.69) is 16.0 Å². The molecule has 0 bridgehead atoms. The van der Waals surface area contributed by atoms with Gasteiger partial charge < -0.3 is 36.4 Å². The number of ether oxygens (including phenoxy) is 1. The van der Waals surface area contributed by atoms with Crippen LogP contribution in [0.3, 0.4) is 0 Å². The molecule has 4 amide bonds. The molecule has 44 heavy (non-hydrogen) atoms. The maximum absolute atomic E-state index is 13.4. The van der Waals surface area contributed by atoms with Crippen LogP contribution in [0.4, 0.5) is 0 Å². The number of piperidine rings is 1. The number of nitrogens with one attached hydrogen (secondary N) is 4. The predicted octanol–water partition coefficient (Wildman–Crippen LogP) is 1.52. The SMILES string of the molecule is C[C@@H](NC(=O)[C@@H]1C[C@]2(C)C[C@@H]2N1C(=O)CNC(=O)C(CCOc1ccccc1)NC(=O)CCC(=O)O)c1cc(C(=N)N)cs1. The maximum Gasteiger partial charge on any atom is 0.303 e. The average Bonchev–Trinajstić information content (AvgIpc) is 3.30. The summed E-state index contributed by atoms with van der Waals surface area (Å²) in [6.07, 6.45) is 0.647. The van der Waals surface area contributed by atoms with Crippen LogP contribution in [0, 0.1) is 10.8 Å². The highest BCUT2D eigenvalue weighted by Crippen LogP contribution is 2.59. The van der Waals surface area contributed by atoms with E-state index >= 15 is 0 Å². The van der Waals surface area contributed by atoms with Crippen molar-refractivity contribution in [1.82, 2.24) is 20.9 Å². The number of benzene rings is 1. The molecule has 1 aromatic heterocycles. The molecule has 2 fully saturated rings. The number of nitrogens with two attached hydrogens (primary N) is 1. The van der Waals surface area contributed by atoms with E-state index in [1.54, 1.807) is 40.6 Å². The summed E-state index contributed by atoms with van der Waals surface area (Å²) in [6, 6.07) is 8.43. The van der Waals surface area contributed by atoms with Crippen LogP contribution in [0.15, 0.2) is 41.8 Å². The van der Waals surface area contributed by atoms with Crippen molar-refractivity contribution in [2.75, 3.05) is 13.2 Å². The van der Waals surface area contributed by atoms with Crippen molar-refractivity contribution < 1.29 is 33.8 Å². The summed E-state index contributed by atoms with van der Waals surface area (Å²) in [5, 5.41) is 26.3. The Labute approximate surface area is 259 Å². The summed E-state index contributed by atoms with van der Waals surface area (Å²) in [7, 11) is 0. The Morgan fingerprint density at radius 3 is 2.55 bits per heavy atom. The number of carbonyl (C=O) groups is 5. The quantitative estimate of drug-likeness (QED) is 0.126. The van der Waals surface area contributed by atoms with E-state index < -0.39 is 35.8 Å². The molecule has 0 spiro atoms. The molecule has 13 nitrogen and oxygen atoms in total. The molecule has 1 saturated carbocycles. The van der Waals surface area contributed by atoms with Crippen LogP contribution >= 0.6 is 11.3 Å². The third kappa shape index (κ3) is 8.13. The number of hydrogen-bond acceptors (Lipinski definition) is 8. The molecule has 1 unspecified atom stereocenters. The molecule has 4 rings (SSSR count). The lowest BCUT2D eigenvalue weighted by atomic mass is 10.0. The number of carboxylic acid groups (broad SMARTS) is 1. The van der Waals surface area contributed by atoms with Gasteiger partial charge in [-0.15, -0.1) is 11.3 Å². The summed E-state index contributed by atoms with van der Waals surface area (Å²) in [5.74, 6) is -2.56. The monoisotopic (exact) mass is 626 g/mol. The first-order valence-corrected chi connectivity index (χ1v) is 15.3. The summed E-state index contributed by atoms with van der Waals surface area (Å²) in [4.78, 5) is 65.5. The molecule has 1 aliphatic carbocycles. The fraction of sp³-hybridized carbons (Fsp3) is 0.467. The van der Waals surface area contributed by atoms with Crippen molar-refractivity contribution in [1.29, 1.82) is 5.41 Å². The number of hydrogen-bond donors (Lipinski definition) is 6. The lowest BCUT2D eigenvalue weighted by Gasteiger charge is -2.28. The molecule has 1 aromatic carbocycles. The number of aliphatic carboxylic acids is 1. The fourth-order valence-electron chi connectivity index (χ4n) is 5.41. The summed E-state index contributed by atoms with van der Waals surface area (Å²) < 4.78 is 5.66. The highest BCUT2D eigenvalue weighted by Gasteiger charge is 2.64. The van der Waals surface area contributed by atoms with E-state index in [1.165, 1.54) is 11.3 Å². The van der Waals surface area contributed by atoms with E-state index in [1.807, 2.05) is 19.9 Å². The van der Waals surface area contributed by atoms with Crippen LogP contribution in [-0.4, -0.2) is 76.7 Å². The van der Waals surface area contributed by atoms with Crippen LogP contribution in [-0.2, 0) is 24.0 Å². The minimum atomic E-state index is -1.14. The first kappa shape index (κ1) is 32.5. The molecule has 14 heteroatoms. The van der Waals surface area contributed by atoms with E-state index in [9.17, 15) is 24.0 Å². The van der Waals surface area contributed by atoms with Gasteiger partial charge in [-0.25, -0.2) is 0 Å². The molecule has 5 atom stereocenters. The number of nitrogens with zero attached hydrogens (tertiary/aromatic N) is 1. The van der Waals surface area contributed by atoms with Gasteiger partial charge in [-0.3, -0.25) is 29.4 Å². The summed E-state index contributed by atoms with van der Waals surface area (Å²) in [5.41, 5.74) is 5.96.